The van der Waals surface area contributed by atoms with E-state index in [1.807, 2.05) is 6.92 Å². The summed E-state index contributed by atoms with van der Waals surface area (Å²) in [7, 11) is 0. The minimum Gasteiger partial charge on any atom is -0.465 e. The van der Waals surface area contributed by atoms with E-state index in [1.165, 1.54) is 4.90 Å². The van der Waals surface area contributed by atoms with Crippen LogP contribution in [0.4, 0.5) is 9.59 Å². The first-order chi connectivity index (χ1) is 8.13. The number of nitrogens with zero attached hydrogens (tertiary/aromatic N) is 2. The number of hydrogen-bond acceptors (Lipinski definition) is 3. The highest BCUT2D eigenvalue weighted by Gasteiger charge is 2.48. The molecule has 2 bridgehead atoms. The summed E-state index contributed by atoms with van der Waals surface area (Å²) in [6.45, 7) is 3.42. The second-order valence-corrected chi connectivity index (χ2v) is 4.61. The summed E-state index contributed by atoms with van der Waals surface area (Å²) in [4.78, 5) is 25.6. The first-order valence-electron chi connectivity index (χ1n) is 6.06. The number of ether oxygens (including phenoxy) is 1. The summed E-state index contributed by atoms with van der Waals surface area (Å²) in [5.41, 5.74) is 0. The summed E-state index contributed by atoms with van der Waals surface area (Å²) in [5, 5.41) is 8.93. The molecule has 6 heteroatoms. The van der Waals surface area contributed by atoms with Gasteiger partial charge in [-0.1, -0.05) is 13.3 Å². The van der Waals surface area contributed by atoms with Crippen molar-refractivity contribution in [2.24, 2.45) is 0 Å². The maximum absolute atomic E-state index is 11.7. The molecule has 3 rings (SSSR count). The predicted molar refractivity (Wildman–Crippen MR) is 59.9 cm³/mol. The Bertz CT molecular complexity index is 309. The van der Waals surface area contributed by atoms with Crippen molar-refractivity contribution in [3.63, 3.8) is 0 Å². The molecule has 2 unspecified atom stereocenters. The monoisotopic (exact) mass is 242 g/mol. The smallest absolute Gasteiger partial charge is 0.409 e. The third-order valence-corrected chi connectivity index (χ3v) is 3.40. The van der Waals surface area contributed by atoms with Gasteiger partial charge in [0, 0.05) is 13.1 Å². The van der Waals surface area contributed by atoms with Gasteiger partial charge in [0.15, 0.2) is 0 Å². The van der Waals surface area contributed by atoms with Crippen molar-refractivity contribution in [3.05, 3.63) is 0 Å². The van der Waals surface area contributed by atoms with E-state index >= 15 is 0 Å². The fraction of sp³-hybridized carbons (Fsp3) is 0.818. The lowest BCUT2D eigenvalue weighted by Crippen LogP contribution is -2.70. The highest BCUT2D eigenvalue weighted by Crippen LogP contribution is 2.32. The molecule has 3 aliphatic rings. The summed E-state index contributed by atoms with van der Waals surface area (Å²) in [5.74, 6) is 0. The second-order valence-electron chi connectivity index (χ2n) is 4.61. The Hall–Kier alpha value is -1.46. The van der Waals surface area contributed by atoms with Gasteiger partial charge in [0.1, 0.15) is 0 Å². The van der Waals surface area contributed by atoms with Crippen molar-refractivity contribution in [2.45, 2.75) is 38.3 Å². The third kappa shape index (κ3) is 2.30. The molecule has 3 saturated heterocycles. The Morgan fingerprint density at radius 1 is 1.35 bits per heavy atom. The van der Waals surface area contributed by atoms with Gasteiger partial charge in [0.05, 0.1) is 18.7 Å². The van der Waals surface area contributed by atoms with Crippen LogP contribution in [0.15, 0.2) is 0 Å². The molecule has 0 spiro atoms. The molecule has 0 aliphatic carbocycles. The molecule has 0 radical (unpaired) electrons. The Morgan fingerprint density at radius 2 is 2.00 bits per heavy atom. The number of rotatable bonds is 3. The lowest BCUT2D eigenvalue weighted by Gasteiger charge is -2.54. The van der Waals surface area contributed by atoms with E-state index in [2.05, 4.69) is 0 Å². The van der Waals surface area contributed by atoms with Crippen LogP contribution in [0.25, 0.3) is 0 Å². The van der Waals surface area contributed by atoms with Gasteiger partial charge in [-0.25, -0.2) is 9.59 Å². The van der Waals surface area contributed by atoms with Gasteiger partial charge in [-0.3, -0.25) is 4.90 Å². The highest BCUT2D eigenvalue weighted by molar-refractivity contribution is 5.71. The van der Waals surface area contributed by atoms with Crippen LogP contribution in [0.2, 0.25) is 0 Å². The van der Waals surface area contributed by atoms with E-state index in [9.17, 15) is 9.59 Å². The average Bonchev–Trinajstić information content (AvgIpc) is 2.28. The fourth-order valence-electron chi connectivity index (χ4n) is 2.47. The summed E-state index contributed by atoms with van der Waals surface area (Å²) in [6.07, 6.45) is 1.53. The van der Waals surface area contributed by atoms with Crippen LogP contribution in [0.3, 0.4) is 0 Å². The number of piperidine rings is 1. The second kappa shape index (κ2) is 4.81. The number of fused-ring (bicyclic) bond motifs is 2. The molecular weight excluding hydrogens is 224 g/mol. The lowest BCUT2D eigenvalue weighted by atomic mass is 9.88. The number of carbonyl (C=O) groups is 2. The predicted octanol–water partition coefficient (Wildman–Crippen LogP) is 1.36. The van der Waals surface area contributed by atoms with Crippen molar-refractivity contribution in [3.8, 4) is 0 Å². The Labute approximate surface area is 100 Å². The van der Waals surface area contributed by atoms with Gasteiger partial charge < -0.3 is 14.7 Å². The van der Waals surface area contributed by atoms with E-state index in [0.717, 1.165) is 19.3 Å². The highest BCUT2D eigenvalue weighted by atomic mass is 16.6. The van der Waals surface area contributed by atoms with Crippen molar-refractivity contribution >= 4 is 12.2 Å². The average molecular weight is 242 g/mol. The summed E-state index contributed by atoms with van der Waals surface area (Å²) < 4.78 is 5.11. The minimum atomic E-state index is -0.884. The number of unbranched alkanes of at least 4 members (excludes halogenated alkanes) is 1. The minimum absolute atomic E-state index is 0.0371. The third-order valence-electron chi connectivity index (χ3n) is 3.40. The molecular formula is C11H18N2O4. The largest absolute Gasteiger partial charge is 0.465 e. The fourth-order valence-corrected chi connectivity index (χ4v) is 2.47. The molecule has 3 heterocycles. The summed E-state index contributed by atoms with van der Waals surface area (Å²) in [6, 6.07) is -0.0741. The molecule has 3 fully saturated rings. The van der Waals surface area contributed by atoms with Gasteiger partial charge in [-0.15, -0.1) is 0 Å². The lowest BCUT2D eigenvalue weighted by molar-refractivity contribution is -0.0477. The van der Waals surface area contributed by atoms with E-state index < -0.39 is 6.09 Å². The molecule has 6 nitrogen and oxygen atoms in total. The van der Waals surface area contributed by atoms with Crippen LogP contribution in [0.1, 0.15) is 26.2 Å². The Kier molecular flexibility index (Phi) is 3.40. The van der Waals surface area contributed by atoms with E-state index in [0.29, 0.717) is 19.7 Å². The molecule has 3 aliphatic heterocycles. The van der Waals surface area contributed by atoms with Crippen LogP contribution in [-0.4, -0.2) is 58.9 Å². The van der Waals surface area contributed by atoms with Crippen LogP contribution in [-0.2, 0) is 4.74 Å². The molecule has 1 N–H and O–H groups in total. The van der Waals surface area contributed by atoms with E-state index in [1.54, 1.807) is 4.90 Å². The van der Waals surface area contributed by atoms with E-state index in [-0.39, 0.29) is 18.2 Å². The number of piperazine rings is 1. The molecule has 0 aromatic rings. The zero-order chi connectivity index (χ0) is 12.4. The number of carbonyl (C=O) groups excluding carboxylic acids is 1. The van der Waals surface area contributed by atoms with Gasteiger partial charge in [-0.2, -0.15) is 0 Å². The molecule has 2 amide bonds. The van der Waals surface area contributed by atoms with Crippen molar-refractivity contribution in [2.75, 3.05) is 19.7 Å². The molecule has 0 saturated carbocycles. The molecule has 96 valence electrons. The van der Waals surface area contributed by atoms with Gasteiger partial charge in [-0.05, 0) is 12.8 Å². The van der Waals surface area contributed by atoms with Gasteiger partial charge in [0.2, 0.25) is 0 Å². The SMILES string of the molecule is CCCCOC(=O)N1CC2CC(C1)N2C(=O)O. The van der Waals surface area contributed by atoms with Crippen LogP contribution in [0.5, 0.6) is 0 Å². The maximum atomic E-state index is 11.7. The van der Waals surface area contributed by atoms with Crippen molar-refractivity contribution < 1.29 is 19.4 Å². The maximum Gasteiger partial charge on any atom is 0.409 e. The molecule has 2 atom stereocenters. The van der Waals surface area contributed by atoms with Gasteiger partial charge in [0.25, 0.3) is 0 Å². The van der Waals surface area contributed by atoms with Crippen LogP contribution in [0, 0.1) is 0 Å². The Balaban J connectivity index is 1.79. The Morgan fingerprint density at radius 3 is 2.53 bits per heavy atom. The van der Waals surface area contributed by atoms with Crippen molar-refractivity contribution in [1.29, 1.82) is 0 Å². The topological polar surface area (TPSA) is 70.1 Å². The summed E-state index contributed by atoms with van der Waals surface area (Å²) >= 11 is 0. The van der Waals surface area contributed by atoms with Crippen LogP contribution < -0.4 is 0 Å². The molecule has 17 heavy (non-hydrogen) atoms. The van der Waals surface area contributed by atoms with Crippen molar-refractivity contribution in [1.82, 2.24) is 9.80 Å². The first-order valence-corrected chi connectivity index (χ1v) is 6.06. The zero-order valence-corrected chi connectivity index (χ0v) is 9.96. The standard InChI is InChI=1S/C11H18N2O4/c1-2-3-4-17-11(16)12-6-8-5-9(7-12)13(8)10(14)15/h8-9H,2-7H2,1H3,(H,14,15). The number of amides is 2. The quantitative estimate of drug-likeness (QED) is 0.758. The number of carboxylic acid groups (broad SMARTS) is 1. The zero-order valence-electron chi connectivity index (χ0n) is 9.96. The van der Waals surface area contributed by atoms with E-state index in [4.69, 9.17) is 9.84 Å². The number of hydrogen-bond donors (Lipinski definition) is 1. The molecule has 0 aromatic heterocycles. The van der Waals surface area contributed by atoms with Gasteiger partial charge >= 0.3 is 12.2 Å². The van der Waals surface area contributed by atoms with Crippen LogP contribution >= 0.6 is 0 Å². The molecule has 0 aromatic carbocycles. The normalized spacial score (nSPS) is 26.4. The first kappa shape index (κ1) is 12.0.